The molecule has 2 atom stereocenters. The van der Waals surface area contributed by atoms with Gasteiger partial charge in [-0.3, -0.25) is 14.5 Å². The number of unbranched alkanes of at least 4 members (excludes halogenated alkanes) is 1. The van der Waals surface area contributed by atoms with E-state index >= 15 is 0 Å². The summed E-state index contributed by atoms with van der Waals surface area (Å²) in [6, 6.07) is 6.81. The van der Waals surface area contributed by atoms with Crippen LogP contribution in [-0.2, 0) is 21.6 Å². The molecule has 2 aliphatic heterocycles. The predicted molar refractivity (Wildman–Crippen MR) is 125 cm³/mol. The van der Waals surface area contributed by atoms with Gasteiger partial charge in [-0.2, -0.15) is 0 Å². The molecule has 0 bridgehead atoms. The molecule has 2 aromatic rings. The summed E-state index contributed by atoms with van der Waals surface area (Å²) in [6.07, 6.45) is 4.05. The largest absolute Gasteiger partial charge is 0.376 e. The van der Waals surface area contributed by atoms with Crippen LogP contribution >= 0.6 is 0 Å². The molecule has 1 aromatic heterocycles. The average molecular weight is 470 g/mol. The maximum atomic E-state index is 13.6. The summed E-state index contributed by atoms with van der Waals surface area (Å²) in [6.45, 7) is 6.91. The van der Waals surface area contributed by atoms with Crippen LogP contribution in [0.5, 0.6) is 0 Å². The van der Waals surface area contributed by atoms with Gasteiger partial charge in [0.15, 0.2) is 5.78 Å². The highest BCUT2D eigenvalue weighted by molar-refractivity contribution is 6.11. The van der Waals surface area contributed by atoms with Crippen molar-refractivity contribution in [3.63, 3.8) is 0 Å². The van der Waals surface area contributed by atoms with Gasteiger partial charge in [0, 0.05) is 30.1 Å². The molecule has 2 saturated heterocycles. The summed E-state index contributed by atoms with van der Waals surface area (Å²) in [5.41, 5.74) is 1.48. The molecular weight excluding hydrogens is 437 g/mol. The number of carbonyl (C=O) groups excluding carboxylic acids is 3. The zero-order valence-electron chi connectivity index (χ0n) is 20.0. The normalized spacial score (nSPS) is 22.5. The highest BCUT2D eigenvalue weighted by Crippen LogP contribution is 2.34. The number of nitrogens with one attached hydrogen (secondary N) is 1. The van der Waals surface area contributed by atoms with E-state index in [0.717, 1.165) is 42.2 Å². The first-order valence-corrected chi connectivity index (χ1v) is 12.0. The van der Waals surface area contributed by atoms with Gasteiger partial charge in [-0.25, -0.2) is 9.18 Å². The summed E-state index contributed by atoms with van der Waals surface area (Å²) in [5.74, 6) is -1.18. The SMILES string of the molecule is CCCCC1(c2ccc(F)cc2)NC(=O)N(CC(=O)c2cc(C)n(CC3CCCO3)c2C)C1=O. The molecule has 8 heteroatoms. The molecule has 1 N–H and O–H groups in total. The summed E-state index contributed by atoms with van der Waals surface area (Å²) in [5, 5.41) is 2.82. The van der Waals surface area contributed by atoms with E-state index in [1.165, 1.54) is 24.3 Å². The van der Waals surface area contributed by atoms with E-state index < -0.39 is 23.3 Å². The van der Waals surface area contributed by atoms with Gasteiger partial charge in [-0.15, -0.1) is 0 Å². The fraction of sp³-hybridized carbons (Fsp3) is 0.500. The molecule has 34 heavy (non-hydrogen) atoms. The summed E-state index contributed by atoms with van der Waals surface area (Å²) < 4.78 is 21.3. The van der Waals surface area contributed by atoms with E-state index in [1.807, 2.05) is 26.8 Å². The number of ketones is 1. The third-order valence-corrected chi connectivity index (χ3v) is 7.00. The smallest absolute Gasteiger partial charge is 0.325 e. The Kier molecular flexibility index (Phi) is 6.89. The number of urea groups is 1. The van der Waals surface area contributed by atoms with Gasteiger partial charge in [0.2, 0.25) is 0 Å². The van der Waals surface area contributed by atoms with E-state index in [9.17, 15) is 18.8 Å². The molecule has 2 fully saturated rings. The Hall–Kier alpha value is -3.00. The first kappa shape index (κ1) is 24.1. The Morgan fingerprint density at radius 3 is 2.62 bits per heavy atom. The second-order valence-corrected chi connectivity index (χ2v) is 9.29. The van der Waals surface area contributed by atoms with Crippen LogP contribution in [0.1, 0.15) is 66.3 Å². The monoisotopic (exact) mass is 469 g/mol. The predicted octanol–water partition coefficient (Wildman–Crippen LogP) is 4.24. The number of benzene rings is 1. The van der Waals surface area contributed by atoms with Gasteiger partial charge in [0.1, 0.15) is 11.4 Å². The standard InChI is InChI=1S/C26H32FN3O4/c1-4-5-12-26(19-8-10-20(27)11-9-19)24(32)30(25(33)28-26)16-23(31)22-14-17(2)29(18(22)3)15-21-7-6-13-34-21/h8-11,14,21H,4-7,12-13,15-16H2,1-3H3,(H,28,33). The molecule has 1 aromatic carbocycles. The zero-order chi connectivity index (χ0) is 24.5. The van der Waals surface area contributed by atoms with E-state index in [4.69, 9.17) is 4.74 Å². The minimum Gasteiger partial charge on any atom is -0.376 e. The maximum absolute atomic E-state index is 13.6. The van der Waals surface area contributed by atoms with Crippen molar-refractivity contribution in [2.45, 2.75) is 71.1 Å². The molecule has 2 aliphatic rings. The number of rotatable bonds is 9. The lowest BCUT2D eigenvalue weighted by atomic mass is 9.84. The lowest BCUT2D eigenvalue weighted by Gasteiger charge is -2.27. The molecule has 0 radical (unpaired) electrons. The highest BCUT2D eigenvalue weighted by atomic mass is 19.1. The Bertz CT molecular complexity index is 1090. The molecule has 3 amide bonds. The number of aromatic nitrogens is 1. The van der Waals surface area contributed by atoms with Crippen molar-refractivity contribution in [2.24, 2.45) is 0 Å². The van der Waals surface area contributed by atoms with Gasteiger partial charge in [0.05, 0.1) is 12.6 Å². The first-order valence-electron chi connectivity index (χ1n) is 12.0. The maximum Gasteiger partial charge on any atom is 0.325 e. The Morgan fingerprint density at radius 1 is 1.24 bits per heavy atom. The van der Waals surface area contributed by atoms with Crippen LogP contribution in [0.3, 0.4) is 0 Å². The Labute approximate surface area is 199 Å². The van der Waals surface area contributed by atoms with Crippen LogP contribution in [0, 0.1) is 19.7 Å². The quantitative estimate of drug-likeness (QED) is 0.440. The van der Waals surface area contributed by atoms with E-state index in [2.05, 4.69) is 9.88 Å². The molecule has 3 heterocycles. The van der Waals surface area contributed by atoms with Crippen LogP contribution < -0.4 is 5.32 Å². The highest BCUT2D eigenvalue weighted by Gasteiger charge is 2.52. The van der Waals surface area contributed by atoms with Crippen molar-refractivity contribution in [3.8, 4) is 0 Å². The van der Waals surface area contributed by atoms with E-state index in [1.54, 1.807) is 0 Å². The van der Waals surface area contributed by atoms with Gasteiger partial charge >= 0.3 is 6.03 Å². The van der Waals surface area contributed by atoms with Crippen molar-refractivity contribution in [1.29, 1.82) is 0 Å². The number of aryl methyl sites for hydroxylation is 1. The third kappa shape index (κ3) is 4.39. The van der Waals surface area contributed by atoms with Crippen molar-refractivity contribution in [2.75, 3.05) is 13.2 Å². The number of ether oxygens (including phenoxy) is 1. The van der Waals surface area contributed by atoms with Gasteiger partial charge in [0.25, 0.3) is 5.91 Å². The number of imide groups is 1. The number of Topliss-reactive ketones (excluding diaryl/α,β-unsaturated/α-hetero) is 1. The van der Waals surface area contributed by atoms with Crippen LogP contribution in [-0.4, -0.2) is 46.4 Å². The topological polar surface area (TPSA) is 80.6 Å². The molecule has 182 valence electrons. The first-order chi connectivity index (χ1) is 16.3. The minimum atomic E-state index is -1.29. The Morgan fingerprint density at radius 2 is 1.97 bits per heavy atom. The van der Waals surface area contributed by atoms with Gasteiger partial charge in [-0.1, -0.05) is 31.9 Å². The minimum absolute atomic E-state index is 0.133. The number of carbonyl (C=O) groups is 3. The van der Waals surface area contributed by atoms with E-state index in [0.29, 0.717) is 30.5 Å². The van der Waals surface area contributed by atoms with Crippen molar-refractivity contribution >= 4 is 17.7 Å². The van der Waals surface area contributed by atoms with Crippen molar-refractivity contribution in [3.05, 3.63) is 58.7 Å². The number of hydrogen-bond acceptors (Lipinski definition) is 4. The lowest BCUT2D eigenvalue weighted by Crippen LogP contribution is -2.44. The number of nitrogens with zero attached hydrogens (tertiary/aromatic N) is 2. The summed E-state index contributed by atoms with van der Waals surface area (Å²) >= 11 is 0. The summed E-state index contributed by atoms with van der Waals surface area (Å²) in [7, 11) is 0. The molecule has 2 unspecified atom stereocenters. The lowest BCUT2D eigenvalue weighted by molar-refractivity contribution is -0.131. The molecule has 0 spiro atoms. The van der Waals surface area contributed by atoms with Crippen LogP contribution in [0.2, 0.25) is 0 Å². The van der Waals surface area contributed by atoms with Crippen LogP contribution in [0.4, 0.5) is 9.18 Å². The third-order valence-electron chi connectivity index (χ3n) is 7.00. The molecular formula is C26H32FN3O4. The van der Waals surface area contributed by atoms with Crippen LogP contribution in [0.15, 0.2) is 30.3 Å². The van der Waals surface area contributed by atoms with Crippen molar-refractivity contribution < 1.29 is 23.5 Å². The molecule has 7 nitrogen and oxygen atoms in total. The second-order valence-electron chi connectivity index (χ2n) is 9.29. The molecule has 0 saturated carbocycles. The van der Waals surface area contributed by atoms with Crippen LogP contribution in [0.25, 0.3) is 0 Å². The van der Waals surface area contributed by atoms with Gasteiger partial charge in [-0.05, 0) is 56.9 Å². The van der Waals surface area contributed by atoms with Crippen molar-refractivity contribution in [1.82, 2.24) is 14.8 Å². The van der Waals surface area contributed by atoms with E-state index in [-0.39, 0.29) is 18.4 Å². The average Bonchev–Trinajstić information content (AvgIpc) is 3.49. The number of halogens is 1. The fourth-order valence-electron chi connectivity index (χ4n) is 5.04. The molecule has 0 aliphatic carbocycles. The molecule has 4 rings (SSSR count). The number of amides is 3. The van der Waals surface area contributed by atoms with Gasteiger partial charge < -0.3 is 14.6 Å². The number of hydrogen-bond donors (Lipinski definition) is 1. The zero-order valence-corrected chi connectivity index (χ0v) is 20.0. The summed E-state index contributed by atoms with van der Waals surface area (Å²) in [4.78, 5) is 40.7. The second kappa shape index (κ2) is 9.70. The fourth-order valence-corrected chi connectivity index (χ4v) is 5.04. The Balaban J connectivity index is 1.57.